The van der Waals surface area contributed by atoms with Crippen LogP contribution in [0, 0.1) is 0 Å². The van der Waals surface area contributed by atoms with Crippen LogP contribution in [0.15, 0.2) is 18.3 Å². The maximum absolute atomic E-state index is 13.3. The number of hydrogen-bond acceptors (Lipinski definition) is 5. The molecule has 1 aromatic heterocycles. The maximum Gasteiger partial charge on any atom is 0.408 e. The number of ether oxygens (including phenoxy) is 1. The van der Waals surface area contributed by atoms with Crippen LogP contribution in [0.2, 0.25) is 25.7 Å². The van der Waals surface area contributed by atoms with E-state index in [-0.39, 0.29) is 19.1 Å². The van der Waals surface area contributed by atoms with Crippen LogP contribution < -0.4 is 10.6 Å². The number of nitrogens with zero attached hydrogens (tertiary/aromatic N) is 3. The van der Waals surface area contributed by atoms with E-state index in [2.05, 4.69) is 24.6 Å². The fourth-order valence-electron chi connectivity index (χ4n) is 3.68. The van der Waals surface area contributed by atoms with Gasteiger partial charge in [-0.15, -0.1) is 0 Å². The highest BCUT2D eigenvalue weighted by Crippen LogP contribution is 2.39. The van der Waals surface area contributed by atoms with E-state index in [1.807, 2.05) is 0 Å². The van der Waals surface area contributed by atoms with Crippen molar-refractivity contribution in [3.63, 3.8) is 0 Å². The number of carbonyl (C=O) groups excluding carboxylic acids is 2. The van der Waals surface area contributed by atoms with Gasteiger partial charge in [0.05, 0.1) is 5.92 Å². The van der Waals surface area contributed by atoms with E-state index in [0.717, 1.165) is 10.9 Å². The first-order valence-electron chi connectivity index (χ1n) is 10.4. The summed E-state index contributed by atoms with van der Waals surface area (Å²) in [6.07, 6.45) is 0.273. The molecule has 0 spiro atoms. The van der Waals surface area contributed by atoms with Crippen molar-refractivity contribution in [1.82, 2.24) is 9.88 Å². The van der Waals surface area contributed by atoms with Crippen molar-refractivity contribution in [1.29, 1.82) is 0 Å². The molecule has 31 heavy (non-hydrogen) atoms. The predicted octanol–water partition coefficient (Wildman–Crippen LogP) is 2.85. The van der Waals surface area contributed by atoms with E-state index in [1.54, 1.807) is 39.1 Å². The van der Waals surface area contributed by atoms with Crippen molar-refractivity contribution in [2.24, 2.45) is 5.73 Å². The van der Waals surface area contributed by atoms with E-state index in [9.17, 15) is 19.5 Å². The molecule has 3 amide bonds. The largest absolute Gasteiger partial charge is 0.465 e. The first-order valence-corrected chi connectivity index (χ1v) is 14.1. The SMILES string of the molecule is CC(C)(C)N(C(=O)O)[C@@H](CC1C(=O)N(COCC[Si](C)(C)C)c2ncccc21)C(N)=O. The fourth-order valence-corrected chi connectivity index (χ4v) is 4.44. The molecular formula is C21H34N4O5Si. The van der Waals surface area contributed by atoms with E-state index in [0.29, 0.717) is 18.0 Å². The van der Waals surface area contributed by atoms with Crippen LogP contribution in [0.3, 0.4) is 0 Å². The lowest BCUT2D eigenvalue weighted by Gasteiger charge is -2.38. The summed E-state index contributed by atoms with van der Waals surface area (Å²) < 4.78 is 5.77. The number of pyridine rings is 1. The van der Waals surface area contributed by atoms with Crippen molar-refractivity contribution in [2.45, 2.75) is 70.4 Å². The number of anilines is 1. The molecule has 9 nitrogen and oxygen atoms in total. The Kier molecular flexibility index (Phi) is 7.48. The second-order valence-corrected chi connectivity index (χ2v) is 15.7. The highest BCUT2D eigenvalue weighted by molar-refractivity contribution is 6.76. The highest BCUT2D eigenvalue weighted by Gasteiger charge is 2.44. The van der Waals surface area contributed by atoms with E-state index in [1.165, 1.54) is 4.90 Å². The Bertz CT molecular complexity index is 834. The smallest absolute Gasteiger partial charge is 0.408 e. The lowest BCUT2D eigenvalue weighted by molar-refractivity contribution is -0.126. The summed E-state index contributed by atoms with van der Waals surface area (Å²) >= 11 is 0. The number of carboxylic acid groups (broad SMARTS) is 1. The van der Waals surface area contributed by atoms with Crippen LogP contribution >= 0.6 is 0 Å². The summed E-state index contributed by atoms with van der Waals surface area (Å²) in [7, 11) is -1.27. The monoisotopic (exact) mass is 450 g/mol. The van der Waals surface area contributed by atoms with Crippen molar-refractivity contribution in [2.75, 3.05) is 18.2 Å². The number of carbonyl (C=O) groups is 3. The second-order valence-electron chi connectivity index (χ2n) is 10.1. The van der Waals surface area contributed by atoms with Gasteiger partial charge >= 0.3 is 6.09 Å². The maximum atomic E-state index is 13.3. The van der Waals surface area contributed by atoms with Gasteiger partial charge in [0.15, 0.2) is 0 Å². The molecule has 172 valence electrons. The molecule has 0 aliphatic carbocycles. The zero-order valence-electron chi connectivity index (χ0n) is 19.2. The summed E-state index contributed by atoms with van der Waals surface area (Å²) in [5, 5.41) is 9.72. The van der Waals surface area contributed by atoms with Gasteiger partial charge in [0.1, 0.15) is 18.6 Å². The molecule has 1 aliphatic rings. The average Bonchev–Trinajstić information content (AvgIpc) is 2.87. The lowest BCUT2D eigenvalue weighted by Crippen LogP contribution is -2.56. The van der Waals surface area contributed by atoms with Gasteiger partial charge in [-0.2, -0.15) is 0 Å². The first kappa shape index (κ1) is 24.8. The van der Waals surface area contributed by atoms with Crippen LogP contribution in [0.4, 0.5) is 10.6 Å². The number of nitrogens with two attached hydrogens (primary N) is 1. The summed E-state index contributed by atoms with van der Waals surface area (Å²) in [4.78, 5) is 44.2. The number of primary amides is 1. The summed E-state index contributed by atoms with van der Waals surface area (Å²) in [5.41, 5.74) is 5.36. The normalized spacial score (nSPS) is 17.4. The summed E-state index contributed by atoms with van der Waals surface area (Å²) in [6, 6.07) is 3.29. The van der Waals surface area contributed by atoms with Gasteiger partial charge in [0.25, 0.3) is 0 Å². The number of hydrogen-bond donors (Lipinski definition) is 2. The van der Waals surface area contributed by atoms with Crippen LogP contribution in [-0.4, -0.2) is 65.9 Å². The van der Waals surface area contributed by atoms with Crippen molar-refractivity contribution >= 4 is 31.8 Å². The third-order valence-corrected chi connectivity index (χ3v) is 6.96. The topological polar surface area (TPSA) is 126 Å². The van der Waals surface area contributed by atoms with Gasteiger partial charge in [-0.05, 0) is 39.3 Å². The highest BCUT2D eigenvalue weighted by atomic mass is 28.3. The Morgan fingerprint density at radius 3 is 2.52 bits per heavy atom. The van der Waals surface area contributed by atoms with Gasteiger partial charge < -0.3 is 15.6 Å². The minimum atomic E-state index is -1.27. The van der Waals surface area contributed by atoms with E-state index < -0.39 is 37.6 Å². The molecule has 3 N–H and O–H groups in total. The molecule has 2 rings (SSSR count). The second kappa shape index (κ2) is 9.35. The summed E-state index contributed by atoms with van der Waals surface area (Å²) in [5.74, 6) is -1.31. The summed E-state index contributed by atoms with van der Waals surface area (Å²) in [6.45, 7) is 12.4. The molecule has 2 atom stereocenters. The molecular weight excluding hydrogens is 416 g/mol. The molecule has 0 saturated heterocycles. The Morgan fingerprint density at radius 2 is 2.00 bits per heavy atom. The zero-order valence-corrected chi connectivity index (χ0v) is 20.2. The van der Waals surface area contributed by atoms with Gasteiger partial charge in [-0.1, -0.05) is 25.7 Å². The van der Waals surface area contributed by atoms with Crippen molar-refractivity contribution in [3.05, 3.63) is 23.9 Å². The minimum Gasteiger partial charge on any atom is -0.465 e. The molecule has 1 aliphatic heterocycles. The minimum absolute atomic E-state index is 0.0537. The molecule has 2 heterocycles. The van der Waals surface area contributed by atoms with Gasteiger partial charge in [-0.25, -0.2) is 9.78 Å². The van der Waals surface area contributed by atoms with Gasteiger partial charge in [0.2, 0.25) is 11.8 Å². The van der Waals surface area contributed by atoms with Crippen LogP contribution in [-0.2, 0) is 14.3 Å². The quantitative estimate of drug-likeness (QED) is 0.440. The molecule has 0 aromatic carbocycles. The number of amides is 3. The Balaban J connectivity index is 2.27. The Labute approximate surface area is 184 Å². The van der Waals surface area contributed by atoms with E-state index >= 15 is 0 Å². The van der Waals surface area contributed by atoms with Gasteiger partial charge in [-0.3, -0.25) is 19.4 Å². The molecule has 1 unspecified atom stereocenters. The van der Waals surface area contributed by atoms with Crippen LogP contribution in [0.25, 0.3) is 0 Å². The lowest BCUT2D eigenvalue weighted by atomic mass is 9.91. The number of aromatic nitrogens is 1. The molecule has 0 saturated carbocycles. The Hall–Kier alpha value is -2.46. The fraction of sp³-hybridized carbons (Fsp3) is 0.619. The zero-order chi connectivity index (χ0) is 23.6. The van der Waals surface area contributed by atoms with Crippen molar-refractivity contribution < 1.29 is 24.2 Å². The first-order chi connectivity index (χ1) is 14.2. The Morgan fingerprint density at radius 1 is 1.35 bits per heavy atom. The molecule has 0 bridgehead atoms. The van der Waals surface area contributed by atoms with Gasteiger partial charge in [0, 0.05) is 32.0 Å². The number of rotatable bonds is 9. The average molecular weight is 451 g/mol. The standard InChI is InChI=1S/C21H34N4O5Si/c1-21(2,3)25(20(28)29)16(17(22)26)12-15-14-8-7-9-23-18(14)24(19(15)27)13-30-10-11-31(4,5)6/h7-9,15-16H,10-13H2,1-6H3,(H2,22,26)(H,28,29)/t15?,16-/m0/s1. The number of fused-ring (bicyclic) bond motifs is 1. The molecule has 1 aromatic rings. The van der Waals surface area contributed by atoms with Crippen LogP contribution in [0.1, 0.15) is 38.7 Å². The molecule has 0 fully saturated rings. The van der Waals surface area contributed by atoms with Crippen LogP contribution in [0.5, 0.6) is 0 Å². The molecule has 0 radical (unpaired) electrons. The van der Waals surface area contributed by atoms with E-state index in [4.69, 9.17) is 10.5 Å². The third kappa shape index (κ3) is 6.04. The predicted molar refractivity (Wildman–Crippen MR) is 121 cm³/mol. The van der Waals surface area contributed by atoms with Crippen molar-refractivity contribution in [3.8, 4) is 0 Å². The third-order valence-electron chi connectivity index (χ3n) is 5.26. The molecule has 10 heteroatoms.